The summed E-state index contributed by atoms with van der Waals surface area (Å²) in [5.74, 6) is 3.02. The molecule has 4 aliphatic carbocycles. The molecule has 0 spiro atoms. The third-order valence-corrected chi connectivity index (χ3v) is 9.86. The Bertz CT molecular complexity index is 1360. The molecule has 2 aromatic carbocycles. The zero-order valence-electron chi connectivity index (χ0n) is 23.2. The minimum Gasteiger partial charge on any atom is -0.493 e. The zero-order chi connectivity index (χ0) is 28.0. The lowest BCUT2D eigenvalue weighted by Gasteiger charge is -2.55. The number of carbonyl (C=O) groups excluding carboxylic acids is 3. The van der Waals surface area contributed by atoms with Crippen molar-refractivity contribution in [3.8, 4) is 17.2 Å². The van der Waals surface area contributed by atoms with E-state index >= 15 is 0 Å². The molecule has 210 valence electrons. The molecule has 0 atom stereocenters. The SMILES string of the molecule is COc1cc(/C=C2\SC(=O)N(CCOc3cc(C)ccc3C)C2=O)ccc1OC(=O)C12CC3CC(CC(C3)C1)C2. The van der Waals surface area contributed by atoms with Crippen LogP contribution in [0.4, 0.5) is 4.79 Å². The topological polar surface area (TPSA) is 82.1 Å². The average molecular weight is 562 g/mol. The van der Waals surface area contributed by atoms with Crippen molar-refractivity contribution in [2.45, 2.75) is 52.4 Å². The quantitative estimate of drug-likeness (QED) is 0.205. The molecule has 4 saturated carbocycles. The minimum atomic E-state index is -0.362. The second kappa shape index (κ2) is 10.6. The van der Waals surface area contributed by atoms with Gasteiger partial charge in [0.1, 0.15) is 12.4 Å². The Balaban J connectivity index is 1.11. The molecule has 40 heavy (non-hydrogen) atoms. The number of imide groups is 1. The van der Waals surface area contributed by atoms with Gasteiger partial charge in [0.25, 0.3) is 11.1 Å². The van der Waals surface area contributed by atoms with Gasteiger partial charge < -0.3 is 14.2 Å². The van der Waals surface area contributed by atoms with Gasteiger partial charge in [0.2, 0.25) is 0 Å². The van der Waals surface area contributed by atoms with E-state index in [4.69, 9.17) is 14.2 Å². The molecule has 7 nitrogen and oxygen atoms in total. The van der Waals surface area contributed by atoms with Crippen LogP contribution in [0.3, 0.4) is 0 Å². The maximum absolute atomic E-state index is 13.4. The van der Waals surface area contributed by atoms with Crippen molar-refractivity contribution in [2.24, 2.45) is 23.2 Å². The van der Waals surface area contributed by atoms with E-state index in [0.717, 1.165) is 47.9 Å². The maximum atomic E-state index is 13.4. The van der Waals surface area contributed by atoms with Crippen LogP contribution in [0.1, 0.15) is 55.2 Å². The van der Waals surface area contributed by atoms with E-state index in [2.05, 4.69) is 0 Å². The molecule has 8 heteroatoms. The molecular weight excluding hydrogens is 526 g/mol. The first-order chi connectivity index (χ1) is 19.2. The summed E-state index contributed by atoms with van der Waals surface area (Å²) in [6, 6.07) is 11.2. The van der Waals surface area contributed by atoms with Crippen molar-refractivity contribution in [3.63, 3.8) is 0 Å². The molecule has 4 bridgehead atoms. The molecule has 1 saturated heterocycles. The number of thioether (sulfide) groups is 1. The third kappa shape index (κ3) is 5.14. The Morgan fingerprint density at radius 3 is 2.35 bits per heavy atom. The van der Waals surface area contributed by atoms with E-state index in [1.54, 1.807) is 24.3 Å². The summed E-state index contributed by atoms with van der Waals surface area (Å²) in [7, 11) is 1.53. The second-order valence-corrected chi connectivity index (χ2v) is 12.9. The molecule has 5 fully saturated rings. The van der Waals surface area contributed by atoms with Crippen molar-refractivity contribution in [3.05, 3.63) is 58.0 Å². The molecule has 0 aromatic heterocycles. The van der Waals surface area contributed by atoms with E-state index in [1.807, 2.05) is 32.0 Å². The maximum Gasteiger partial charge on any atom is 0.317 e. The van der Waals surface area contributed by atoms with Gasteiger partial charge in [-0.15, -0.1) is 0 Å². The molecule has 2 amide bonds. The molecular formula is C32H35NO6S. The molecule has 0 N–H and O–H groups in total. The van der Waals surface area contributed by atoms with Gasteiger partial charge in [0, 0.05) is 0 Å². The van der Waals surface area contributed by atoms with Crippen LogP contribution in [0.25, 0.3) is 6.08 Å². The highest BCUT2D eigenvalue weighted by atomic mass is 32.2. The summed E-state index contributed by atoms with van der Waals surface area (Å²) in [5, 5.41) is -0.325. The number of carbonyl (C=O) groups is 3. The van der Waals surface area contributed by atoms with Gasteiger partial charge in [-0.05, 0) is 123 Å². The van der Waals surface area contributed by atoms with E-state index < -0.39 is 0 Å². The number of amides is 2. The number of rotatable bonds is 8. The number of esters is 1. The van der Waals surface area contributed by atoms with Crippen LogP contribution < -0.4 is 14.2 Å². The number of hydrogen-bond donors (Lipinski definition) is 0. The second-order valence-electron chi connectivity index (χ2n) is 11.9. The standard InChI is InChI=1S/C32H35NO6S/c1-19-4-5-20(2)26(10-19)38-9-8-33-29(34)28(40-31(33)36)15-21-6-7-25(27(14-21)37-3)39-30(35)32-16-22-11-23(17-32)13-24(12-22)18-32/h4-7,10,14-15,22-24H,8-9,11-13,16-18H2,1-3H3/b28-15-. The smallest absolute Gasteiger partial charge is 0.317 e. The number of ether oxygens (including phenoxy) is 3. The van der Waals surface area contributed by atoms with Crippen LogP contribution in [-0.2, 0) is 9.59 Å². The summed E-state index contributed by atoms with van der Waals surface area (Å²) < 4.78 is 17.4. The van der Waals surface area contributed by atoms with Gasteiger partial charge in [-0.2, -0.15) is 0 Å². The fourth-order valence-corrected chi connectivity index (χ4v) is 8.25. The van der Waals surface area contributed by atoms with Crippen molar-refractivity contribution in [1.82, 2.24) is 4.90 Å². The molecule has 5 aliphatic rings. The number of benzene rings is 2. The Labute approximate surface area is 239 Å². The van der Waals surface area contributed by atoms with Gasteiger partial charge in [0.15, 0.2) is 11.5 Å². The minimum absolute atomic E-state index is 0.137. The van der Waals surface area contributed by atoms with Crippen LogP contribution in [0.15, 0.2) is 41.3 Å². The van der Waals surface area contributed by atoms with E-state index in [1.165, 1.54) is 31.3 Å². The van der Waals surface area contributed by atoms with Crippen molar-refractivity contribution in [1.29, 1.82) is 0 Å². The Kier molecular flexibility index (Phi) is 7.15. The normalized spacial score (nSPS) is 27.9. The first-order valence-corrected chi connectivity index (χ1v) is 14.9. The first-order valence-electron chi connectivity index (χ1n) is 14.1. The Hall–Kier alpha value is -3.26. The van der Waals surface area contributed by atoms with Crippen LogP contribution >= 0.6 is 11.8 Å². The molecule has 2 aromatic rings. The van der Waals surface area contributed by atoms with Crippen molar-refractivity contribution < 1.29 is 28.6 Å². The van der Waals surface area contributed by atoms with Crippen LogP contribution in [-0.4, -0.2) is 42.3 Å². The van der Waals surface area contributed by atoms with E-state index in [0.29, 0.717) is 39.7 Å². The lowest BCUT2D eigenvalue weighted by atomic mass is 9.49. The van der Waals surface area contributed by atoms with Crippen molar-refractivity contribution in [2.75, 3.05) is 20.3 Å². The van der Waals surface area contributed by atoms with Gasteiger partial charge >= 0.3 is 5.97 Å². The lowest BCUT2D eigenvalue weighted by Crippen LogP contribution is -2.51. The molecule has 1 aliphatic heterocycles. The van der Waals surface area contributed by atoms with E-state index in [9.17, 15) is 14.4 Å². The summed E-state index contributed by atoms with van der Waals surface area (Å²) in [5.41, 5.74) is 2.40. The van der Waals surface area contributed by atoms with Crippen LogP contribution in [0.2, 0.25) is 0 Å². The number of aryl methyl sites for hydroxylation is 2. The molecule has 7 rings (SSSR count). The highest BCUT2D eigenvalue weighted by molar-refractivity contribution is 8.18. The average Bonchev–Trinajstić information content (AvgIpc) is 3.17. The van der Waals surface area contributed by atoms with Gasteiger partial charge in [-0.3, -0.25) is 19.3 Å². The first kappa shape index (κ1) is 26.9. The predicted molar refractivity (Wildman–Crippen MR) is 153 cm³/mol. The zero-order valence-corrected chi connectivity index (χ0v) is 24.1. The number of methoxy groups -OCH3 is 1. The monoisotopic (exact) mass is 561 g/mol. The van der Waals surface area contributed by atoms with Crippen molar-refractivity contribution >= 4 is 35.0 Å². The molecule has 0 unspecified atom stereocenters. The molecule has 1 heterocycles. The van der Waals surface area contributed by atoms with Gasteiger partial charge in [-0.1, -0.05) is 18.2 Å². The fraction of sp³-hybridized carbons (Fsp3) is 0.469. The summed E-state index contributed by atoms with van der Waals surface area (Å²) in [6.07, 6.45) is 8.25. The highest BCUT2D eigenvalue weighted by Gasteiger charge is 2.55. The summed E-state index contributed by atoms with van der Waals surface area (Å²) in [4.78, 5) is 40.6. The summed E-state index contributed by atoms with van der Waals surface area (Å²) >= 11 is 0.906. The van der Waals surface area contributed by atoms with E-state index in [-0.39, 0.29) is 35.7 Å². The summed E-state index contributed by atoms with van der Waals surface area (Å²) in [6.45, 7) is 4.33. The fourth-order valence-electron chi connectivity index (χ4n) is 7.38. The van der Waals surface area contributed by atoms with Crippen LogP contribution in [0, 0.1) is 37.0 Å². The number of nitrogens with zero attached hydrogens (tertiary/aromatic N) is 1. The van der Waals surface area contributed by atoms with Gasteiger partial charge in [0.05, 0.1) is 24.0 Å². The number of hydrogen-bond acceptors (Lipinski definition) is 7. The Morgan fingerprint density at radius 2 is 1.68 bits per heavy atom. The lowest BCUT2D eigenvalue weighted by molar-refractivity contribution is -0.161. The predicted octanol–water partition coefficient (Wildman–Crippen LogP) is 6.55. The highest BCUT2D eigenvalue weighted by Crippen LogP contribution is 2.60. The Morgan fingerprint density at radius 1 is 0.975 bits per heavy atom. The van der Waals surface area contributed by atoms with Gasteiger partial charge in [-0.25, -0.2) is 0 Å². The van der Waals surface area contributed by atoms with Crippen LogP contribution in [0.5, 0.6) is 17.2 Å². The molecule has 0 radical (unpaired) electrons. The largest absolute Gasteiger partial charge is 0.493 e. The third-order valence-electron chi connectivity index (χ3n) is 8.95.